The minimum atomic E-state index is -0.870. The summed E-state index contributed by atoms with van der Waals surface area (Å²) >= 11 is 5.91. The van der Waals surface area contributed by atoms with Gasteiger partial charge in [-0.1, -0.05) is 41.9 Å². The maximum absolute atomic E-state index is 11.3. The zero-order valence-corrected chi connectivity index (χ0v) is 10.6. The Morgan fingerprint density at radius 2 is 2.11 bits per heavy atom. The van der Waals surface area contributed by atoms with Crippen LogP contribution in [0.15, 0.2) is 36.5 Å². The summed E-state index contributed by atoms with van der Waals surface area (Å²) in [4.78, 5) is 11.3. The number of halogens is 1. The third-order valence-electron chi connectivity index (χ3n) is 2.76. The molecule has 1 unspecified atom stereocenters. The second-order valence-corrected chi connectivity index (χ2v) is 4.49. The molecule has 5 heteroatoms. The van der Waals surface area contributed by atoms with Crippen LogP contribution in [-0.2, 0) is 11.3 Å². The molecule has 18 heavy (non-hydrogen) atoms. The van der Waals surface area contributed by atoms with Gasteiger partial charge in [-0.05, 0) is 12.5 Å². The quantitative estimate of drug-likeness (QED) is 0.924. The second kappa shape index (κ2) is 5.23. The Balaban J connectivity index is 2.25. The van der Waals surface area contributed by atoms with Gasteiger partial charge in [-0.3, -0.25) is 9.48 Å². The largest absolute Gasteiger partial charge is 0.481 e. The minimum absolute atomic E-state index is 0.271. The molecule has 2 rings (SSSR count). The smallest absolute Gasteiger partial charge is 0.312 e. The van der Waals surface area contributed by atoms with Gasteiger partial charge in [0, 0.05) is 6.20 Å². The predicted octanol–water partition coefficient (Wildman–Crippen LogP) is 2.71. The Hall–Kier alpha value is -1.81. The summed E-state index contributed by atoms with van der Waals surface area (Å²) in [6.07, 6.45) is 1.65. The van der Waals surface area contributed by atoms with Gasteiger partial charge >= 0.3 is 5.97 Å². The van der Waals surface area contributed by atoms with Crippen LogP contribution in [-0.4, -0.2) is 20.9 Å². The Morgan fingerprint density at radius 1 is 1.44 bits per heavy atom. The molecule has 1 aromatic carbocycles. The molecule has 4 nitrogen and oxygen atoms in total. The number of carbonyl (C=O) groups is 1. The van der Waals surface area contributed by atoms with Gasteiger partial charge in [0.1, 0.15) is 5.92 Å². The van der Waals surface area contributed by atoms with Gasteiger partial charge in [-0.25, -0.2) is 0 Å². The molecular weight excluding hydrogens is 252 g/mol. The number of rotatable bonds is 4. The predicted molar refractivity (Wildman–Crippen MR) is 68.8 cm³/mol. The highest BCUT2D eigenvalue weighted by Gasteiger charge is 2.20. The molecule has 0 fully saturated rings. The lowest BCUT2D eigenvalue weighted by atomic mass is 9.99. The van der Waals surface area contributed by atoms with Gasteiger partial charge in [0.05, 0.1) is 17.3 Å². The number of nitrogens with zero attached hydrogens (tertiary/aromatic N) is 2. The third kappa shape index (κ3) is 2.71. The molecule has 0 bridgehead atoms. The van der Waals surface area contributed by atoms with E-state index >= 15 is 0 Å². The van der Waals surface area contributed by atoms with Crippen LogP contribution < -0.4 is 0 Å². The number of benzene rings is 1. The molecule has 0 saturated carbocycles. The van der Waals surface area contributed by atoms with E-state index in [1.807, 2.05) is 18.2 Å². The summed E-state index contributed by atoms with van der Waals surface area (Å²) in [5, 5.41) is 14.0. The Morgan fingerprint density at radius 3 is 2.61 bits per heavy atom. The first kappa shape index (κ1) is 12.6. The van der Waals surface area contributed by atoms with Gasteiger partial charge in [0.25, 0.3) is 0 Å². The molecule has 0 aliphatic carbocycles. The van der Waals surface area contributed by atoms with Gasteiger partial charge in [0.15, 0.2) is 0 Å². The summed E-state index contributed by atoms with van der Waals surface area (Å²) in [7, 11) is 0. The second-order valence-electron chi connectivity index (χ2n) is 4.09. The summed E-state index contributed by atoms with van der Waals surface area (Å²) in [6.45, 7) is 2.06. The Kier molecular flexibility index (Phi) is 3.67. The average molecular weight is 265 g/mol. The summed E-state index contributed by atoms with van der Waals surface area (Å²) in [5.74, 6) is -1.49. The van der Waals surface area contributed by atoms with E-state index in [4.69, 9.17) is 11.6 Å². The van der Waals surface area contributed by atoms with Gasteiger partial charge in [-0.15, -0.1) is 0 Å². The molecule has 1 N–H and O–H groups in total. The van der Waals surface area contributed by atoms with E-state index in [1.165, 1.54) is 0 Å². The number of carboxylic acids is 1. The van der Waals surface area contributed by atoms with Crippen molar-refractivity contribution in [3.8, 4) is 0 Å². The van der Waals surface area contributed by atoms with E-state index < -0.39 is 11.9 Å². The summed E-state index contributed by atoms with van der Waals surface area (Å²) in [6, 6.07) is 9.12. The molecule has 1 aromatic heterocycles. The van der Waals surface area contributed by atoms with Gasteiger partial charge < -0.3 is 5.11 Å². The molecule has 2 aromatic rings. The molecule has 94 valence electrons. The molecule has 0 amide bonds. The molecule has 0 saturated heterocycles. The fraction of sp³-hybridized carbons (Fsp3) is 0.231. The van der Waals surface area contributed by atoms with Crippen LogP contribution in [0.5, 0.6) is 0 Å². The van der Waals surface area contributed by atoms with E-state index in [0.29, 0.717) is 10.7 Å². The Bertz CT molecular complexity index is 532. The fourth-order valence-electron chi connectivity index (χ4n) is 1.79. The highest BCUT2D eigenvalue weighted by atomic mass is 35.5. The SMILES string of the molecule is Cc1nn(CC(C(=O)O)c2ccccc2)cc1Cl. The maximum atomic E-state index is 11.3. The van der Waals surface area contributed by atoms with Crippen LogP contribution in [0.3, 0.4) is 0 Å². The highest BCUT2D eigenvalue weighted by molar-refractivity contribution is 6.31. The topological polar surface area (TPSA) is 55.1 Å². The molecule has 0 aliphatic rings. The normalized spacial score (nSPS) is 12.3. The van der Waals surface area contributed by atoms with Crippen LogP contribution >= 0.6 is 11.6 Å². The molecule has 0 aliphatic heterocycles. The monoisotopic (exact) mass is 264 g/mol. The molecule has 1 heterocycles. The average Bonchev–Trinajstić information content (AvgIpc) is 2.66. The van der Waals surface area contributed by atoms with Crippen molar-refractivity contribution in [2.75, 3.05) is 0 Å². The molecule has 1 atom stereocenters. The van der Waals surface area contributed by atoms with Crippen molar-refractivity contribution in [2.24, 2.45) is 0 Å². The first-order valence-electron chi connectivity index (χ1n) is 5.55. The van der Waals surface area contributed by atoms with Crippen LogP contribution in [0.1, 0.15) is 17.2 Å². The van der Waals surface area contributed by atoms with Crippen LogP contribution in [0, 0.1) is 6.92 Å². The standard InChI is InChI=1S/C13H13ClN2O2/c1-9-12(14)8-16(15-9)7-11(13(17)18)10-5-3-2-4-6-10/h2-6,8,11H,7H2,1H3,(H,17,18). The van der Waals surface area contributed by atoms with Crippen LogP contribution in [0.2, 0.25) is 5.02 Å². The third-order valence-corrected chi connectivity index (χ3v) is 3.13. The summed E-state index contributed by atoms with van der Waals surface area (Å²) < 4.78 is 1.57. The highest BCUT2D eigenvalue weighted by Crippen LogP contribution is 2.20. The van der Waals surface area contributed by atoms with Crippen molar-refractivity contribution in [1.82, 2.24) is 9.78 Å². The van der Waals surface area contributed by atoms with Gasteiger partial charge in [-0.2, -0.15) is 5.10 Å². The first-order valence-corrected chi connectivity index (χ1v) is 5.93. The summed E-state index contributed by atoms with van der Waals surface area (Å²) in [5.41, 5.74) is 1.46. The van der Waals surface area contributed by atoms with E-state index in [1.54, 1.807) is 29.9 Å². The van der Waals surface area contributed by atoms with Crippen molar-refractivity contribution in [1.29, 1.82) is 0 Å². The lowest BCUT2D eigenvalue weighted by Gasteiger charge is -2.12. The number of carboxylic acid groups (broad SMARTS) is 1. The number of aliphatic carboxylic acids is 1. The molecule has 0 radical (unpaired) electrons. The van der Waals surface area contributed by atoms with E-state index in [2.05, 4.69) is 5.10 Å². The van der Waals surface area contributed by atoms with Crippen LogP contribution in [0.25, 0.3) is 0 Å². The van der Waals surface area contributed by atoms with Crippen LogP contribution in [0.4, 0.5) is 0 Å². The van der Waals surface area contributed by atoms with E-state index in [0.717, 1.165) is 5.56 Å². The van der Waals surface area contributed by atoms with Crippen molar-refractivity contribution < 1.29 is 9.90 Å². The number of aryl methyl sites for hydroxylation is 1. The van der Waals surface area contributed by atoms with E-state index in [9.17, 15) is 9.90 Å². The molecular formula is C13H13ClN2O2. The maximum Gasteiger partial charge on any atom is 0.312 e. The van der Waals surface area contributed by atoms with Crippen molar-refractivity contribution in [3.05, 3.63) is 52.8 Å². The number of hydrogen-bond donors (Lipinski definition) is 1. The fourth-order valence-corrected chi connectivity index (χ4v) is 1.94. The zero-order chi connectivity index (χ0) is 13.1. The van der Waals surface area contributed by atoms with Crippen molar-refractivity contribution in [2.45, 2.75) is 19.4 Å². The molecule has 0 spiro atoms. The van der Waals surface area contributed by atoms with Gasteiger partial charge in [0.2, 0.25) is 0 Å². The van der Waals surface area contributed by atoms with Crippen molar-refractivity contribution >= 4 is 17.6 Å². The zero-order valence-electron chi connectivity index (χ0n) is 9.88. The number of aromatic nitrogens is 2. The Labute approximate surface area is 110 Å². The number of hydrogen-bond acceptors (Lipinski definition) is 2. The lowest BCUT2D eigenvalue weighted by Crippen LogP contribution is -2.18. The lowest BCUT2D eigenvalue weighted by molar-refractivity contribution is -0.139. The van der Waals surface area contributed by atoms with Crippen molar-refractivity contribution in [3.63, 3.8) is 0 Å². The van der Waals surface area contributed by atoms with E-state index in [-0.39, 0.29) is 6.54 Å². The first-order chi connectivity index (χ1) is 8.58. The minimum Gasteiger partial charge on any atom is -0.481 e.